The quantitative estimate of drug-likeness (QED) is 0.665. The number of amides is 1. The first-order valence-electron chi connectivity index (χ1n) is 10.1. The normalized spacial score (nSPS) is 25.3. The Kier molecular flexibility index (Phi) is 3.70. The molecular formula is C23H21N3O4. The van der Waals surface area contributed by atoms with E-state index in [1.165, 1.54) is 5.56 Å². The molecular weight excluding hydrogens is 382 g/mol. The van der Waals surface area contributed by atoms with Gasteiger partial charge in [-0.05, 0) is 35.7 Å². The number of benzene rings is 2. The number of piperazine rings is 1. The van der Waals surface area contributed by atoms with Gasteiger partial charge in [0, 0.05) is 30.2 Å². The Morgan fingerprint density at radius 3 is 2.83 bits per heavy atom. The number of fused-ring (bicyclic) bond motifs is 5. The van der Waals surface area contributed by atoms with Crippen molar-refractivity contribution in [1.29, 1.82) is 0 Å². The number of nitrogens with zero attached hydrogens (tertiary/aromatic N) is 2. The standard InChI is InChI=1S/C23H21N3O4/c1-25-14(11-27)10-26-18(23(25)28)9-16-15-4-2-3-5-17(15)24-21(16)22(26)13-6-7-19-20(8-13)30-12-29-19/h2-8,11,14,18,22,24H,9-10,12H2,1H3. The lowest BCUT2D eigenvalue weighted by molar-refractivity contribution is -0.148. The summed E-state index contributed by atoms with van der Waals surface area (Å²) in [5.74, 6) is 1.42. The highest BCUT2D eigenvalue weighted by atomic mass is 16.7. The van der Waals surface area contributed by atoms with E-state index in [1.807, 2.05) is 30.3 Å². The predicted molar refractivity (Wildman–Crippen MR) is 110 cm³/mol. The molecule has 7 nitrogen and oxygen atoms in total. The number of aromatic amines is 1. The van der Waals surface area contributed by atoms with Crippen LogP contribution in [0.25, 0.3) is 10.9 Å². The number of hydrogen-bond acceptors (Lipinski definition) is 5. The molecule has 7 heteroatoms. The predicted octanol–water partition coefficient (Wildman–Crippen LogP) is 2.25. The average Bonchev–Trinajstić information content (AvgIpc) is 3.38. The summed E-state index contributed by atoms with van der Waals surface area (Å²) in [6.07, 6.45) is 1.49. The topological polar surface area (TPSA) is 74.9 Å². The zero-order chi connectivity index (χ0) is 20.4. The second-order valence-corrected chi connectivity index (χ2v) is 8.15. The number of aldehydes is 1. The van der Waals surface area contributed by atoms with E-state index in [1.54, 1.807) is 11.9 Å². The second-order valence-electron chi connectivity index (χ2n) is 8.15. The molecule has 3 aliphatic heterocycles. The summed E-state index contributed by atoms with van der Waals surface area (Å²) >= 11 is 0. The minimum atomic E-state index is -0.462. The molecule has 1 aromatic heterocycles. The van der Waals surface area contributed by atoms with Crippen LogP contribution in [0.3, 0.4) is 0 Å². The lowest BCUT2D eigenvalue weighted by Gasteiger charge is -2.48. The minimum absolute atomic E-state index is 0.0139. The summed E-state index contributed by atoms with van der Waals surface area (Å²) in [5.41, 5.74) is 4.31. The maximum Gasteiger partial charge on any atom is 0.240 e. The Morgan fingerprint density at radius 1 is 1.13 bits per heavy atom. The van der Waals surface area contributed by atoms with Crippen LogP contribution < -0.4 is 9.47 Å². The van der Waals surface area contributed by atoms with Crippen LogP contribution in [0.15, 0.2) is 42.5 Å². The molecule has 3 aromatic rings. The SMILES string of the molecule is CN1C(=O)C2Cc3c([nH]c4ccccc34)C(c3ccc4c(c3)OCO4)N2CC1C=O. The van der Waals surface area contributed by atoms with E-state index in [2.05, 4.69) is 22.0 Å². The maximum atomic E-state index is 13.2. The van der Waals surface area contributed by atoms with E-state index >= 15 is 0 Å². The number of ether oxygens (including phenoxy) is 2. The third kappa shape index (κ3) is 2.35. The first-order chi connectivity index (χ1) is 14.7. The third-order valence-electron chi connectivity index (χ3n) is 6.65. The molecule has 1 N–H and O–H groups in total. The fourth-order valence-corrected chi connectivity index (χ4v) is 5.11. The van der Waals surface area contributed by atoms with Crippen molar-refractivity contribution in [2.45, 2.75) is 24.5 Å². The molecule has 3 unspecified atom stereocenters. The van der Waals surface area contributed by atoms with E-state index in [4.69, 9.17) is 9.47 Å². The van der Waals surface area contributed by atoms with Crippen molar-refractivity contribution in [3.8, 4) is 11.5 Å². The fourth-order valence-electron chi connectivity index (χ4n) is 5.11. The van der Waals surface area contributed by atoms with Crippen LogP contribution in [-0.4, -0.2) is 59.4 Å². The molecule has 4 heterocycles. The zero-order valence-electron chi connectivity index (χ0n) is 16.5. The molecule has 6 rings (SSSR count). The monoisotopic (exact) mass is 403 g/mol. The van der Waals surface area contributed by atoms with Crippen molar-refractivity contribution < 1.29 is 19.1 Å². The van der Waals surface area contributed by atoms with Crippen molar-refractivity contribution in [2.24, 2.45) is 0 Å². The molecule has 2 aromatic carbocycles. The summed E-state index contributed by atoms with van der Waals surface area (Å²) in [5, 5.41) is 1.14. The van der Waals surface area contributed by atoms with Gasteiger partial charge in [-0.25, -0.2) is 0 Å². The van der Waals surface area contributed by atoms with Crippen LogP contribution in [0, 0.1) is 0 Å². The number of rotatable bonds is 2. The lowest BCUT2D eigenvalue weighted by atomic mass is 9.85. The van der Waals surface area contributed by atoms with Crippen LogP contribution in [0.5, 0.6) is 11.5 Å². The van der Waals surface area contributed by atoms with Crippen LogP contribution in [0.2, 0.25) is 0 Å². The van der Waals surface area contributed by atoms with Gasteiger partial charge in [0.15, 0.2) is 11.5 Å². The Hall–Kier alpha value is -3.32. The Morgan fingerprint density at radius 2 is 1.97 bits per heavy atom. The van der Waals surface area contributed by atoms with E-state index in [-0.39, 0.29) is 24.8 Å². The Balaban J connectivity index is 1.56. The van der Waals surface area contributed by atoms with Crippen LogP contribution in [-0.2, 0) is 16.0 Å². The zero-order valence-corrected chi connectivity index (χ0v) is 16.5. The highest BCUT2D eigenvalue weighted by molar-refractivity contribution is 5.90. The van der Waals surface area contributed by atoms with Gasteiger partial charge in [-0.3, -0.25) is 9.69 Å². The smallest absolute Gasteiger partial charge is 0.240 e. The molecule has 1 saturated heterocycles. The Bertz CT molecular complexity index is 1190. The van der Waals surface area contributed by atoms with Gasteiger partial charge < -0.3 is 24.2 Å². The second kappa shape index (κ2) is 6.34. The van der Waals surface area contributed by atoms with Crippen molar-refractivity contribution in [2.75, 3.05) is 20.4 Å². The molecule has 0 aliphatic carbocycles. The highest BCUT2D eigenvalue weighted by Gasteiger charge is 2.47. The number of likely N-dealkylation sites (N-methyl/N-ethyl adjacent to an activating group) is 1. The number of H-pyrrole nitrogens is 1. The van der Waals surface area contributed by atoms with Crippen molar-refractivity contribution in [3.05, 3.63) is 59.3 Å². The van der Waals surface area contributed by atoms with Gasteiger partial charge in [-0.15, -0.1) is 0 Å². The number of nitrogens with one attached hydrogen (secondary N) is 1. The molecule has 3 aliphatic rings. The molecule has 1 amide bonds. The van der Waals surface area contributed by atoms with E-state index in [0.717, 1.165) is 34.2 Å². The fraction of sp³-hybridized carbons (Fsp3) is 0.304. The van der Waals surface area contributed by atoms with Crippen molar-refractivity contribution >= 4 is 23.1 Å². The molecule has 0 saturated carbocycles. The Labute approximate surface area is 173 Å². The minimum Gasteiger partial charge on any atom is -0.454 e. The number of aromatic nitrogens is 1. The number of hydrogen-bond donors (Lipinski definition) is 1. The van der Waals surface area contributed by atoms with Crippen LogP contribution >= 0.6 is 0 Å². The number of carbonyl (C=O) groups excluding carboxylic acids is 2. The summed E-state index contributed by atoms with van der Waals surface area (Å²) in [7, 11) is 1.72. The van der Waals surface area contributed by atoms with Gasteiger partial charge in [0.05, 0.1) is 18.1 Å². The highest BCUT2D eigenvalue weighted by Crippen LogP contribution is 2.44. The van der Waals surface area contributed by atoms with Crippen molar-refractivity contribution in [3.63, 3.8) is 0 Å². The molecule has 30 heavy (non-hydrogen) atoms. The molecule has 0 spiro atoms. The van der Waals surface area contributed by atoms with E-state index in [9.17, 15) is 9.59 Å². The lowest BCUT2D eigenvalue weighted by Crippen LogP contribution is -2.63. The molecule has 0 bridgehead atoms. The summed E-state index contributed by atoms with van der Waals surface area (Å²) in [6.45, 7) is 0.703. The first kappa shape index (κ1) is 17.5. The van der Waals surface area contributed by atoms with Gasteiger partial charge in [-0.1, -0.05) is 24.3 Å². The van der Waals surface area contributed by atoms with Crippen LogP contribution in [0.1, 0.15) is 22.9 Å². The summed E-state index contributed by atoms with van der Waals surface area (Å²) in [6, 6.07) is 13.2. The molecule has 1 fully saturated rings. The number of carbonyl (C=O) groups is 2. The third-order valence-corrected chi connectivity index (χ3v) is 6.65. The van der Waals surface area contributed by atoms with Crippen LogP contribution in [0.4, 0.5) is 0 Å². The molecule has 3 atom stereocenters. The summed E-state index contributed by atoms with van der Waals surface area (Å²) in [4.78, 5) is 32.3. The molecule has 152 valence electrons. The maximum absolute atomic E-state index is 13.2. The summed E-state index contributed by atoms with van der Waals surface area (Å²) < 4.78 is 11.1. The number of para-hydroxylation sites is 1. The first-order valence-corrected chi connectivity index (χ1v) is 10.1. The van der Waals surface area contributed by atoms with Gasteiger partial charge in [0.1, 0.15) is 6.29 Å². The van der Waals surface area contributed by atoms with Gasteiger partial charge in [0.2, 0.25) is 12.7 Å². The van der Waals surface area contributed by atoms with Gasteiger partial charge in [-0.2, -0.15) is 0 Å². The van der Waals surface area contributed by atoms with E-state index in [0.29, 0.717) is 18.7 Å². The largest absolute Gasteiger partial charge is 0.454 e. The van der Waals surface area contributed by atoms with Gasteiger partial charge >= 0.3 is 0 Å². The van der Waals surface area contributed by atoms with Crippen molar-refractivity contribution in [1.82, 2.24) is 14.8 Å². The average molecular weight is 403 g/mol. The van der Waals surface area contributed by atoms with E-state index < -0.39 is 6.04 Å². The van der Waals surface area contributed by atoms with Gasteiger partial charge in [0.25, 0.3) is 0 Å². The molecule has 0 radical (unpaired) electrons.